The Hall–Kier alpha value is -3.62. The van der Waals surface area contributed by atoms with Gasteiger partial charge in [-0.3, -0.25) is 9.69 Å². The first kappa shape index (κ1) is 27.0. The second kappa shape index (κ2) is 13.0. The Labute approximate surface area is 233 Å². The molecule has 8 heteroatoms. The molecule has 39 heavy (non-hydrogen) atoms. The highest BCUT2D eigenvalue weighted by Gasteiger charge is 2.21. The van der Waals surface area contributed by atoms with Crippen molar-refractivity contribution in [2.45, 2.75) is 24.5 Å². The largest absolute Gasteiger partial charge is 0.493 e. The molecule has 1 unspecified atom stereocenters. The number of aromatic nitrogens is 2. The number of benzene rings is 3. The molecular weight excluding hydrogens is 508 g/mol. The third-order valence-electron chi connectivity index (χ3n) is 7.09. The Morgan fingerprint density at radius 1 is 0.974 bits per heavy atom. The Morgan fingerprint density at radius 3 is 2.56 bits per heavy atom. The first-order valence-electron chi connectivity index (χ1n) is 13.3. The van der Waals surface area contributed by atoms with Crippen LogP contribution in [0.4, 0.5) is 0 Å². The number of hydrogen-bond acceptors (Lipinski definition) is 7. The van der Waals surface area contributed by atoms with E-state index in [9.17, 15) is 4.79 Å². The third kappa shape index (κ3) is 7.07. The maximum absolute atomic E-state index is 12.5. The third-order valence-corrected chi connectivity index (χ3v) is 7.96. The number of rotatable bonds is 10. The molecule has 0 bridgehead atoms. The van der Waals surface area contributed by atoms with Gasteiger partial charge in [0.25, 0.3) is 0 Å². The lowest BCUT2D eigenvalue weighted by atomic mass is 9.97. The van der Waals surface area contributed by atoms with Crippen LogP contribution in [0.15, 0.2) is 78.2 Å². The van der Waals surface area contributed by atoms with Crippen molar-refractivity contribution < 1.29 is 14.3 Å². The van der Waals surface area contributed by atoms with E-state index in [0.717, 1.165) is 43.6 Å². The number of piperidine rings is 1. The van der Waals surface area contributed by atoms with Crippen LogP contribution in [-0.4, -0.2) is 60.4 Å². The Kier molecular flexibility index (Phi) is 8.96. The molecule has 0 aliphatic carbocycles. The van der Waals surface area contributed by atoms with Crippen molar-refractivity contribution >= 4 is 28.4 Å². The highest BCUT2D eigenvalue weighted by molar-refractivity contribution is 7.99. The fourth-order valence-electron chi connectivity index (χ4n) is 5.05. The van der Waals surface area contributed by atoms with Crippen molar-refractivity contribution in [2.24, 2.45) is 5.92 Å². The predicted molar refractivity (Wildman–Crippen MR) is 156 cm³/mol. The minimum absolute atomic E-state index is 0.0132. The van der Waals surface area contributed by atoms with Gasteiger partial charge in [-0.2, -0.15) is 0 Å². The number of likely N-dealkylation sites (tertiary alicyclic amines) is 1. The number of carbonyl (C=O) groups is 1. The first-order valence-corrected chi connectivity index (χ1v) is 14.2. The molecular formula is C31H34N4O3S. The summed E-state index contributed by atoms with van der Waals surface area (Å²) in [5, 5.41) is 6.26. The van der Waals surface area contributed by atoms with E-state index in [4.69, 9.17) is 9.47 Å². The quantitative estimate of drug-likeness (QED) is 0.211. The maximum Gasteiger partial charge on any atom is 0.230 e. The Balaban J connectivity index is 1.07. The number of thioether (sulfide) groups is 1. The zero-order valence-electron chi connectivity index (χ0n) is 22.4. The summed E-state index contributed by atoms with van der Waals surface area (Å²) in [4.78, 5) is 23.9. The molecule has 1 fully saturated rings. The maximum atomic E-state index is 12.5. The van der Waals surface area contributed by atoms with Gasteiger partial charge in [-0.1, -0.05) is 54.2 Å². The normalized spacial score (nSPS) is 15.7. The van der Waals surface area contributed by atoms with E-state index in [1.54, 1.807) is 26.6 Å². The molecule has 1 amide bonds. The van der Waals surface area contributed by atoms with E-state index in [1.165, 1.54) is 28.1 Å². The summed E-state index contributed by atoms with van der Waals surface area (Å²) in [6.45, 7) is 3.75. The van der Waals surface area contributed by atoms with E-state index in [0.29, 0.717) is 34.9 Å². The fraction of sp³-hybridized carbons (Fsp3) is 0.323. The van der Waals surface area contributed by atoms with Gasteiger partial charge in [-0.15, -0.1) is 0 Å². The van der Waals surface area contributed by atoms with E-state index in [-0.39, 0.29) is 5.91 Å². The molecule has 5 rings (SSSR count). The molecule has 4 aromatic rings. The van der Waals surface area contributed by atoms with Gasteiger partial charge >= 0.3 is 0 Å². The van der Waals surface area contributed by atoms with Crippen LogP contribution in [0, 0.1) is 5.92 Å². The van der Waals surface area contributed by atoms with Gasteiger partial charge in [-0.05, 0) is 65.4 Å². The van der Waals surface area contributed by atoms with Crippen LogP contribution >= 0.6 is 11.8 Å². The first-order chi connectivity index (χ1) is 19.1. The Bertz CT molecular complexity index is 1410. The fourth-order valence-corrected chi connectivity index (χ4v) is 5.67. The predicted octanol–water partition coefficient (Wildman–Crippen LogP) is 5.43. The highest BCUT2D eigenvalue weighted by Crippen LogP contribution is 2.32. The second-order valence-electron chi connectivity index (χ2n) is 9.84. The molecule has 202 valence electrons. The topological polar surface area (TPSA) is 76.6 Å². The molecule has 2 heterocycles. The van der Waals surface area contributed by atoms with Gasteiger partial charge in [0, 0.05) is 37.6 Å². The number of carbonyl (C=O) groups excluding carboxylic acids is 1. The van der Waals surface area contributed by atoms with Crippen molar-refractivity contribution in [3.05, 3.63) is 78.6 Å². The number of ether oxygens (including phenoxy) is 2. The Morgan fingerprint density at radius 2 is 1.77 bits per heavy atom. The molecule has 0 radical (unpaired) electrons. The number of nitrogens with zero attached hydrogens (tertiary/aromatic N) is 3. The summed E-state index contributed by atoms with van der Waals surface area (Å²) in [6, 6.07) is 20.9. The monoisotopic (exact) mass is 542 g/mol. The molecule has 1 saturated heterocycles. The average molecular weight is 543 g/mol. The lowest BCUT2D eigenvalue weighted by Gasteiger charge is -2.33. The molecule has 1 N–H and O–H groups in total. The van der Waals surface area contributed by atoms with Crippen molar-refractivity contribution in [1.29, 1.82) is 0 Å². The molecule has 0 saturated carbocycles. The summed E-state index contributed by atoms with van der Waals surface area (Å²) >= 11 is 1.35. The number of fused-ring (bicyclic) bond motifs is 1. The number of nitrogens with one attached hydrogen (secondary N) is 1. The molecule has 7 nitrogen and oxygen atoms in total. The second-order valence-corrected chi connectivity index (χ2v) is 10.8. The van der Waals surface area contributed by atoms with Crippen LogP contribution < -0.4 is 14.8 Å². The lowest BCUT2D eigenvalue weighted by Crippen LogP contribution is -2.40. The van der Waals surface area contributed by atoms with Crippen molar-refractivity contribution in [3.63, 3.8) is 0 Å². The van der Waals surface area contributed by atoms with Gasteiger partial charge in [0.2, 0.25) is 5.91 Å². The van der Waals surface area contributed by atoms with Crippen LogP contribution in [0.3, 0.4) is 0 Å². The molecule has 0 spiro atoms. The highest BCUT2D eigenvalue weighted by atomic mass is 32.2. The van der Waals surface area contributed by atoms with Crippen LogP contribution in [0.5, 0.6) is 11.5 Å². The van der Waals surface area contributed by atoms with Crippen LogP contribution in [0.2, 0.25) is 0 Å². The van der Waals surface area contributed by atoms with Crippen molar-refractivity contribution in [2.75, 3.05) is 39.6 Å². The van der Waals surface area contributed by atoms with Crippen LogP contribution in [-0.2, 0) is 11.3 Å². The summed E-state index contributed by atoms with van der Waals surface area (Å²) in [5.41, 5.74) is 3.14. The minimum atomic E-state index is 0.0132. The molecule has 1 aliphatic heterocycles. The average Bonchev–Trinajstić information content (AvgIpc) is 2.99. The summed E-state index contributed by atoms with van der Waals surface area (Å²) in [6.07, 6.45) is 5.83. The molecule has 1 aromatic heterocycles. The van der Waals surface area contributed by atoms with Gasteiger partial charge < -0.3 is 14.8 Å². The van der Waals surface area contributed by atoms with Crippen LogP contribution in [0.1, 0.15) is 18.4 Å². The molecule has 1 atom stereocenters. The lowest BCUT2D eigenvalue weighted by molar-refractivity contribution is -0.118. The summed E-state index contributed by atoms with van der Waals surface area (Å²) < 4.78 is 10.7. The van der Waals surface area contributed by atoms with Crippen molar-refractivity contribution in [1.82, 2.24) is 20.2 Å². The summed E-state index contributed by atoms with van der Waals surface area (Å²) in [5.74, 6) is 2.10. The number of hydrogen-bond donors (Lipinski definition) is 1. The van der Waals surface area contributed by atoms with Gasteiger partial charge in [0.05, 0.1) is 20.0 Å². The van der Waals surface area contributed by atoms with Crippen molar-refractivity contribution in [3.8, 4) is 22.6 Å². The van der Waals surface area contributed by atoms with Gasteiger partial charge in [-0.25, -0.2) is 9.97 Å². The van der Waals surface area contributed by atoms with Crippen LogP contribution in [0.25, 0.3) is 21.9 Å². The molecule has 1 aliphatic rings. The van der Waals surface area contributed by atoms with E-state index < -0.39 is 0 Å². The van der Waals surface area contributed by atoms with Gasteiger partial charge in [0.15, 0.2) is 16.7 Å². The number of amides is 1. The molecule has 3 aromatic carbocycles. The standard InChI is InChI=1S/C31H34N4O3S/c1-37-28-12-11-26(15-29(28)38-2)27-17-33-31(34-18-27)39-21-30(36)32-16-23-6-5-13-35(20-23)19-22-9-10-24-7-3-4-8-25(24)14-22/h3-4,7-12,14-15,17-18,23H,5-6,13,16,19-21H2,1-2H3,(H,32,36). The minimum Gasteiger partial charge on any atom is -0.493 e. The number of methoxy groups -OCH3 is 2. The van der Waals surface area contributed by atoms with Gasteiger partial charge in [0.1, 0.15) is 0 Å². The SMILES string of the molecule is COc1ccc(-c2cnc(SCC(=O)NCC3CCCN(Cc4ccc5ccccc5c4)C3)nc2)cc1OC. The van der Waals surface area contributed by atoms with E-state index >= 15 is 0 Å². The zero-order chi connectivity index (χ0) is 27.0. The zero-order valence-corrected chi connectivity index (χ0v) is 23.2. The smallest absolute Gasteiger partial charge is 0.230 e. The van der Waals surface area contributed by atoms with E-state index in [2.05, 4.69) is 62.6 Å². The van der Waals surface area contributed by atoms with E-state index in [1.807, 2.05) is 18.2 Å². The summed E-state index contributed by atoms with van der Waals surface area (Å²) in [7, 11) is 3.22.